The molecule has 0 radical (unpaired) electrons. The highest BCUT2D eigenvalue weighted by atomic mass is 19.4. The maximum absolute atomic E-state index is 12.9. The number of aromatic nitrogens is 1. The third-order valence-electron chi connectivity index (χ3n) is 1.56. The molecule has 0 unspecified atom stereocenters. The summed E-state index contributed by atoms with van der Waals surface area (Å²) >= 11 is 0. The van der Waals surface area contributed by atoms with Gasteiger partial charge in [-0.15, -0.1) is 0 Å². The van der Waals surface area contributed by atoms with E-state index in [0.29, 0.717) is 6.20 Å². The number of hydrogen-bond acceptors (Lipinski definition) is 2. The highest BCUT2D eigenvalue weighted by molar-refractivity contribution is 5.69. The van der Waals surface area contributed by atoms with Gasteiger partial charge in [-0.05, 0) is 6.07 Å². The van der Waals surface area contributed by atoms with Crippen molar-refractivity contribution in [3.8, 4) is 0 Å². The lowest BCUT2D eigenvalue weighted by molar-refractivity contribution is -0.138. The van der Waals surface area contributed by atoms with Crippen LogP contribution in [-0.2, 0) is 17.4 Å². The average Bonchev–Trinajstić information content (AvgIpc) is 2.05. The number of carboxylic acids is 1. The Morgan fingerprint density at radius 2 is 2.07 bits per heavy atom. The van der Waals surface area contributed by atoms with E-state index in [0.717, 1.165) is 0 Å². The van der Waals surface area contributed by atoms with Crippen molar-refractivity contribution in [2.75, 3.05) is 0 Å². The second-order valence-electron chi connectivity index (χ2n) is 2.72. The van der Waals surface area contributed by atoms with Crippen LogP contribution in [0.15, 0.2) is 12.3 Å². The summed E-state index contributed by atoms with van der Waals surface area (Å²) in [4.78, 5) is 13.3. The standard InChI is InChI=1S/C8H5F4NO2/c9-5-1-4(8(10,11)12)3-13-6(5)2-7(14)15/h1,3H,2H2,(H,14,15). The van der Waals surface area contributed by atoms with Crippen LogP contribution in [0.4, 0.5) is 17.6 Å². The zero-order chi connectivity index (χ0) is 11.6. The minimum atomic E-state index is -4.68. The highest BCUT2D eigenvalue weighted by Crippen LogP contribution is 2.29. The Labute approximate surface area is 81.4 Å². The molecule has 0 saturated heterocycles. The van der Waals surface area contributed by atoms with Gasteiger partial charge in [0.15, 0.2) is 0 Å². The molecule has 1 rings (SSSR count). The van der Waals surface area contributed by atoms with Gasteiger partial charge < -0.3 is 5.11 Å². The highest BCUT2D eigenvalue weighted by Gasteiger charge is 2.31. The monoisotopic (exact) mass is 223 g/mol. The molecule has 7 heteroatoms. The Bertz CT molecular complexity index is 389. The lowest BCUT2D eigenvalue weighted by atomic mass is 10.2. The molecule has 0 aliphatic rings. The fourth-order valence-electron chi connectivity index (χ4n) is 0.895. The Balaban J connectivity index is 3.03. The fraction of sp³-hybridized carbons (Fsp3) is 0.250. The molecule has 1 N–H and O–H groups in total. The molecule has 15 heavy (non-hydrogen) atoms. The number of nitrogens with zero attached hydrogens (tertiary/aromatic N) is 1. The van der Waals surface area contributed by atoms with E-state index in [9.17, 15) is 22.4 Å². The molecule has 0 fully saturated rings. The number of alkyl halides is 3. The predicted molar refractivity (Wildman–Crippen MR) is 40.5 cm³/mol. The van der Waals surface area contributed by atoms with Crippen LogP contribution in [0.25, 0.3) is 0 Å². The summed E-state index contributed by atoms with van der Waals surface area (Å²) in [6, 6.07) is 0.227. The molecule has 1 aromatic rings. The number of halogens is 4. The smallest absolute Gasteiger partial charge is 0.417 e. The number of rotatable bonds is 2. The second kappa shape index (κ2) is 3.84. The van der Waals surface area contributed by atoms with Crippen molar-refractivity contribution < 1.29 is 27.5 Å². The van der Waals surface area contributed by atoms with Crippen LogP contribution in [0.1, 0.15) is 11.3 Å². The third kappa shape index (κ3) is 2.90. The lowest BCUT2D eigenvalue weighted by Gasteiger charge is -2.07. The first-order valence-corrected chi connectivity index (χ1v) is 3.74. The van der Waals surface area contributed by atoms with E-state index in [4.69, 9.17) is 5.11 Å². The Morgan fingerprint density at radius 1 is 1.47 bits per heavy atom. The van der Waals surface area contributed by atoms with Gasteiger partial charge in [0.1, 0.15) is 5.82 Å². The maximum Gasteiger partial charge on any atom is 0.417 e. The Kier molecular flexibility index (Phi) is 2.92. The summed E-state index contributed by atoms with van der Waals surface area (Å²) < 4.78 is 49.0. The molecular weight excluding hydrogens is 218 g/mol. The van der Waals surface area contributed by atoms with E-state index in [-0.39, 0.29) is 6.07 Å². The SMILES string of the molecule is O=C(O)Cc1ncc(C(F)(F)F)cc1F. The Morgan fingerprint density at radius 3 is 2.47 bits per heavy atom. The molecule has 1 aromatic heterocycles. The van der Waals surface area contributed by atoms with Crippen molar-refractivity contribution in [2.45, 2.75) is 12.6 Å². The second-order valence-corrected chi connectivity index (χ2v) is 2.72. The predicted octanol–water partition coefficient (Wildman–Crippen LogP) is 1.87. The van der Waals surface area contributed by atoms with Crippen molar-refractivity contribution in [1.82, 2.24) is 4.98 Å². The van der Waals surface area contributed by atoms with Crippen molar-refractivity contribution in [2.24, 2.45) is 0 Å². The number of hydrogen-bond donors (Lipinski definition) is 1. The lowest BCUT2D eigenvalue weighted by Crippen LogP contribution is -2.10. The summed E-state index contributed by atoms with van der Waals surface area (Å²) in [6.45, 7) is 0. The maximum atomic E-state index is 12.9. The number of carboxylic acid groups (broad SMARTS) is 1. The zero-order valence-corrected chi connectivity index (χ0v) is 7.18. The van der Waals surface area contributed by atoms with Gasteiger partial charge in [-0.1, -0.05) is 0 Å². The van der Waals surface area contributed by atoms with Crippen LogP contribution >= 0.6 is 0 Å². The topological polar surface area (TPSA) is 50.2 Å². The van der Waals surface area contributed by atoms with Crippen molar-refractivity contribution in [3.05, 3.63) is 29.3 Å². The van der Waals surface area contributed by atoms with E-state index in [2.05, 4.69) is 4.98 Å². The molecule has 3 nitrogen and oxygen atoms in total. The van der Waals surface area contributed by atoms with Crippen molar-refractivity contribution in [1.29, 1.82) is 0 Å². The zero-order valence-electron chi connectivity index (χ0n) is 7.18. The van der Waals surface area contributed by atoms with E-state index in [1.807, 2.05) is 0 Å². The molecule has 0 aliphatic heterocycles. The number of aliphatic carboxylic acids is 1. The van der Waals surface area contributed by atoms with E-state index in [1.54, 1.807) is 0 Å². The molecule has 0 aliphatic carbocycles. The van der Waals surface area contributed by atoms with Gasteiger partial charge in [0.2, 0.25) is 0 Å². The summed E-state index contributed by atoms with van der Waals surface area (Å²) in [7, 11) is 0. The van der Waals surface area contributed by atoms with Crippen molar-refractivity contribution in [3.63, 3.8) is 0 Å². The average molecular weight is 223 g/mol. The molecule has 0 spiro atoms. The summed E-state index contributed by atoms with van der Waals surface area (Å²) in [5, 5.41) is 8.29. The van der Waals surface area contributed by atoms with Gasteiger partial charge in [0, 0.05) is 6.20 Å². The summed E-state index contributed by atoms with van der Waals surface area (Å²) in [6.07, 6.45) is -5.03. The molecule has 0 saturated carbocycles. The van der Waals surface area contributed by atoms with E-state index < -0.39 is 35.6 Å². The summed E-state index contributed by atoms with van der Waals surface area (Å²) in [5.41, 5.74) is -1.76. The van der Waals surface area contributed by atoms with Crippen LogP contribution in [0.2, 0.25) is 0 Å². The quantitative estimate of drug-likeness (QED) is 0.778. The van der Waals surface area contributed by atoms with Crippen LogP contribution in [0, 0.1) is 5.82 Å². The van der Waals surface area contributed by atoms with Gasteiger partial charge in [0.05, 0.1) is 17.7 Å². The molecule has 0 atom stereocenters. The minimum Gasteiger partial charge on any atom is -0.481 e. The summed E-state index contributed by atoms with van der Waals surface area (Å²) in [5.74, 6) is -2.63. The molecular formula is C8H5F4NO2. The van der Waals surface area contributed by atoms with Gasteiger partial charge in [-0.2, -0.15) is 13.2 Å². The number of carbonyl (C=O) groups is 1. The first-order chi connectivity index (χ1) is 6.80. The molecule has 1 heterocycles. The molecule has 0 amide bonds. The first-order valence-electron chi connectivity index (χ1n) is 3.74. The molecule has 0 bridgehead atoms. The van der Waals surface area contributed by atoms with Crippen LogP contribution in [0.5, 0.6) is 0 Å². The molecule has 0 aromatic carbocycles. The largest absolute Gasteiger partial charge is 0.481 e. The number of pyridine rings is 1. The van der Waals surface area contributed by atoms with Gasteiger partial charge >= 0.3 is 12.1 Å². The normalized spacial score (nSPS) is 11.5. The van der Waals surface area contributed by atoms with E-state index in [1.165, 1.54) is 0 Å². The van der Waals surface area contributed by atoms with Gasteiger partial charge in [-0.3, -0.25) is 9.78 Å². The van der Waals surface area contributed by atoms with Crippen molar-refractivity contribution >= 4 is 5.97 Å². The third-order valence-corrected chi connectivity index (χ3v) is 1.56. The minimum absolute atomic E-state index is 0.227. The van der Waals surface area contributed by atoms with Crippen LogP contribution in [0.3, 0.4) is 0 Å². The molecule has 82 valence electrons. The Hall–Kier alpha value is -1.66. The van der Waals surface area contributed by atoms with Crippen LogP contribution in [-0.4, -0.2) is 16.1 Å². The van der Waals surface area contributed by atoms with Gasteiger partial charge in [0.25, 0.3) is 0 Å². The van der Waals surface area contributed by atoms with Crippen LogP contribution < -0.4 is 0 Å². The van der Waals surface area contributed by atoms with Gasteiger partial charge in [-0.25, -0.2) is 4.39 Å². The van der Waals surface area contributed by atoms with E-state index >= 15 is 0 Å². The first kappa shape index (κ1) is 11.4. The fourth-order valence-corrected chi connectivity index (χ4v) is 0.895.